The number of aryl methyl sites for hydroxylation is 2. The van der Waals surface area contributed by atoms with Crippen molar-refractivity contribution in [1.29, 1.82) is 0 Å². The van der Waals surface area contributed by atoms with E-state index in [4.69, 9.17) is 0 Å². The Balaban J connectivity index is 1.75. The average molecular weight is 353 g/mol. The molecule has 0 bridgehead atoms. The lowest BCUT2D eigenvalue weighted by molar-refractivity contribution is -0.143. The van der Waals surface area contributed by atoms with Crippen LogP contribution in [-0.4, -0.2) is 45.4 Å². The minimum atomic E-state index is -0.667. The van der Waals surface area contributed by atoms with Crippen LogP contribution in [0.25, 0.3) is 5.57 Å². The molecule has 3 rings (SSSR count). The van der Waals surface area contributed by atoms with Gasteiger partial charge in [0.1, 0.15) is 0 Å². The second-order valence-corrected chi connectivity index (χ2v) is 7.07. The maximum absolute atomic E-state index is 11.2. The summed E-state index contributed by atoms with van der Waals surface area (Å²) >= 11 is 0. The van der Waals surface area contributed by atoms with Crippen LogP contribution in [0.1, 0.15) is 36.1 Å². The second-order valence-electron chi connectivity index (χ2n) is 7.07. The van der Waals surface area contributed by atoms with Gasteiger partial charge in [0.15, 0.2) is 0 Å². The minimum Gasteiger partial charge on any atom is -0.481 e. The van der Waals surface area contributed by atoms with Crippen molar-refractivity contribution in [3.8, 4) is 0 Å². The molecule has 5 heteroatoms. The molecule has 26 heavy (non-hydrogen) atoms. The third-order valence-corrected chi connectivity index (χ3v) is 5.07. The summed E-state index contributed by atoms with van der Waals surface area (Å²) < 4.78 is 1.82. The van der Waals surface area contributed by atoms with E-state index in [1.807, 2.05) is 24.0 Å². The Kier molecular flexibility index (Phi) is 5.89. The summed E-state index contributed by atoms with van der Waals surface area (Å²) in [6.07, 6.45) is 6.85. The fourth-order valence-electron chi connectivity index (χ4n) is 3.64. The molecule has 1 aliphatic rings. The molecule has 0 aliphatic carbocycles. The van der Waals surface area contributed by atoms with Gasteiger partial charge in [0.25, 0.3) is 0 Å². The normalized spacial score (nSPS) is 18.8. The van der Waals surface area contributed by atoms with Crippen molar-refractivity contribution in [2.75, 3.05) is 19.6 Å². The Labute approximate surface area is 154 Å². The van der Waals surface area contributed by atoms with Crippen LogP contribution in [0, 0.1) is 12.8 Å². The van der Waals surface area contributed by atoms with Gasteiger partial charge in [-0.2, -0.15) is 5.10 Å². The smallest absolute Gasteiger partial charge is 0.307 e. The fraction of sp³-hybridized carbons (Fsp3) is 0.429. The lowest BCUT2D eigenvalue weighted by Crippen LogP contribution is -2.39. The summed E-state index contributed by atoms with van der Waals surface area (Å²) in [5.74, 6) is -0.890. The highest BCUT2D eigenvalue weighted by Crippen LogP contribution is 2.26. The molecule has 1 aromatic heterocycles. The second kappa shape index (κ2) is 8.32. The number of carboxylic acid groups (broad SMARTS) is 1. The Morgan fingerprint density at radius 3 is 2.85 bits per heavy atom. The zero-order chi connectivity index (χ0) is 18.5. The number of rotatable bonds is 6. The summed E-state index contributed by atoms with van der Waals surface area (Å²) in [5, 5.41) is 13.8. The van der Waals surface area contributed by atoms with Crippen LogP contribution in [-0.2, 0) is 11.8 Å². The first-order chi connectivity index (χ1) is 12.5. The molecular formula is C21H27N3O2. The molecule has 1 atom stereocenters. The number of carboxylic acids is 1. The van der Waals surface area contributed by atoms with E-state index in [9.17, 15) is 9.90 Å². The van der Waals surface area contributed by atoms with E-state index in [1.165, 1.54) is 11.1 Å². The minimum absolute atomic E-state index is 0.223. The Hall–Kier alpha value is -2.40. The molecule has 1 unspecified atom stereocenters. The number of piperidine rings is 1. The van der Waals surface area contributed by atoms with Crippen LogP contribution in [0.5, 0.6) is 0 Å². The van der Waals surface area contributed by atoms with Crippen LogP contribution in [0.15, 0.2) is 42.6 Å². The van der Waals surface area contributed by atoms with Crippen molar-refractivity contribution in [2.24, 2.45) is 13.0 Å². The fourth-order valence-corrected chi connectivity index (χ4v) is 3.64. The first kappa shape index (κ1) is 18.4. The van der Waals surface area contributed by atoms with Crippen molar-refractivity contribution >= 4 is 11.5 Å². The largest absolute Gasteiger partial charge is 0.481 e. The molecule has 0 radical (unpaired) electrons. The van der Waals surface area contributed by atoms with Gasteiger partial charge in [-0.15, -0.1) is 0 Å². The van der Waals surface area contributed by atoms with Crippen LogP contribution >= 0.6 is 0 Å². The Bertz CT molecular complexity index is 794. The van der Waals surface area contributed by atoms with Gasteiger partial charge in [-0.05, 0) is 49.9 Å². The Morgan fingerprint density at radius 1 is 1.35 bits per heavy atom. The molecule has 0 amide bonds. The number of aromatic nitrogens is 2. The quantitative estimate of drug-likeness (QED) is 0.865. The van der Waals surface area contributed by atoms with Gasteiger partial charge in [0.05, 0.1) is 11.6 Å². The van der Waals surface area contributed by atoms with Gasteiger partial charge in [-0.1, -0.05) is 30.3 Å². The van der Waals surface area contributed by atoms with Gasteiger partial charge in [0.2, 0.25) is 0 Å². The van der Waals surface area contributed by atoms with Crippen molar-refractivity contribution in [1.82, 2.24) is 14.7 Å². The summed E-state index contributed by atoms with van der Waals surface area (Å²) in [7, 11) is 1.93. The predicted octanol–water partition coefficient (Wildman–Crippen LogP) is 3.35. The average Bonchev–Trinajstić information content (AvgIpc) is 3.06. The van der Waals surface area contributed by atoms with Crippen molar-refractivity contribution < 1.29 is 9.90 Å². The first-order valence-electron chi connectivity index (χ1n) is 9.26. The number of aliphatic carboxylic acids is 1. The molecule has 0 saturated carbocycles. The molecule has 1 aliphatic heterocycles. The lowest BCUT2D eigenvalue weighted by atomic mass is 9.96. The molecule has 1 fully saturated rings. The third kappa shape index (κ3) is 4.41. The third-order valence-electron chi connectivity index (χ3n) is 5.07. The highest BCUT2D eigenvalue weighted by molar-refractivity contribution is 5.79. The number of nitrogens with zero attached hydrogens (tertiary/aromatic N) is 3. The van der Waals surface area contributed by atoms with Gasteiger partial charge in [0, 0.05) is 31.9 Å². The maximum atomic E-state index is 11.2. The van der Waals surface area contributed by atoms with Crippen molar-refractivity contribution in [2.45, 2.75) is 26.2 Å². The van der Waals surface area contributed by atoms with E-state index in [2.05, 4.69) is 47.3 Å². The summed E-state index contributed by atoms with van der Waals surface area (Å²) in [4.78, 5) is 13.5. The number of likely N-dealkylation sites (tertiary alicyclic amines) is 1. The zero-order valence-electron chi connectivity index (χ0n) is 15.6. The number of benzene rings is 1. The van der Waals surface area contributed by atoms with E-state index in [-0.39, 0.29) is 5.92 Å². The topological polar surface area (TPSA) is 58.4 Å². The van der Waals surface area contributed by atoms with Gasteiger partial charge >= 0.3 is 5.97 Å². The van der Waals surface area contributed by atoms with E-state index in [0.717, 1.165) is 43.6 Å². The maximum Gasteiger partial charge on any atom is 0.307 e. The number of hydrogen-bond donors (Lipinski definition) is 1. The van der Waals surface area contributed by atoms with E-state index < -0.39 is 5.97 Å². The van der Waals surface area contributed by atoms with Gasteiger partial charge in [-0.3, -0.25) is 9.48 Å². The monoisotopic (exact) mass is 353 g/mol. The highest BCUT2D eigenvalue weighted by Gasteiger charge is 2.24. The van der Waals surface area contributed by atoms with Crippen molar-refractivity contribution in [3.63, 3.8) is 0 Å². The predicted molar refractivity (Wildman–Crippen MR) is 103 cm³/mol. The van der Waals surface area contributed by atoms with Crippen molar-refractivity contribution in [3.05, 3.63) is 59.4 Å². The molecular weight excluding hydrogens is 326 g/mol. The van der Waals surface area contributed by atoms with Crippen LogP contribution in [0.4, 0.5) is 0 Å². The van der Waals surface area contributed by atoms with Crippen LogP contribution in [0.3, 0.4) is 0 Å². The standard InChI is InChI=1S/C21H27N3O2/c1-16-7-3-4-9-18(16)19(20-11-14-23(2)22-20)10-6-13-24-12-5-8-17(15-24)21(25)26/h3-4,7,9-11,14,17H,5-6,8,12-13,15H2,1-2H3,(H,25,26)/b19-10-. The highest BCUT2D eigenvalue weighted by atomic mass is 16.4. The lowest BCUT2D eigenvalue weighted by Gasteiger charge is -2.30. The van der Waals surface area contributed by atoms with Gasteiger partial charge < -0.3 is 10.0 Å². The summed E-state index contributed by atoms with van der Waals surface area (Å²) in [6, 6.07) is 10.4. The molecule has 138 valence electrons. The van der Waals surface area contributed by atoms with Crippen LogP contribution in [0.2, 0.25) is 0 Å². The number of hydrogen-bond acceptors (Lipinski definition) is 3. The summed E-state index contributed by atoms with van der Waals surface area (Å²) in [6.45, 7) is 4.65. The number of carbonyl (C=O) groups is 1. The molecule has 1 aromatic carbocycles. The molecule has 1 saturated heterocycles. The molecule has 2 aromatic rings. The summed E-state index contributed by atoms with van der Waals surface area (Å²) in [5.41, 5.74) is 4.56. The van der Waals surface area contributed by atoms with E-state index in [1.54, 1.807) is 0 Å². The molecule has 2 heterocycles. The molecule has 0 spiro atoms. The Morgan fingerprint density at radius 2 is 2.15 bits per heavy atom. The van der Waals surface area contributed by atoms with E-state index >= 15 is 0 Å². The van der Waals surface area contributed by atoms with Crippen LogP contribution < -0.4 is 0 Å². The first-order valence-corrected chi connectivity index (χ1v) is 9.26. The molecule has 5 nitrogen and oxygen atoms in total. The van der Waals surface area contributed by atoms with E-state index in [0.29, 0.717) is 6.54 Å². The van der Waals surface area contributed by atoms with Gasteiger partial charge in [-0.25, -0.2) is 0 Å². The SMILES string of the molecule is Cc1ccccc1/C(=C/CCN1CCCC(C(=O)O)C1)c1ccn(C)n1. The zero-order valence-corrected chi connectivity index (χ0v) is 15.6. The molecule has 1 N–H and O–H groups in total.